The number of thioether (sulfide) groups is 1. The highest BCUT2D eigenvalue weighted by Crippen LogP contribution is 2.17. The molecule has 0 spiro atoms. The number of amides is 1. The van der Waals surface area contributed by atoms with Gasteiger partial charge in [-0.2, -0.15) is 0 Å². The maximum absolute atomic E-state index is 12.8. The van der Waals surface area contributed by atoms with E-state index in [0.29, 0.717) is 17.4 Å². The minimum atomic E-state index is -0.748. The lowest BCUT2D eigenvalue weighted by atomic mass is 10.00. The van der Waals surface area contributed by atoms with E-state index < -0.39 is 11.8 Å². The second kappa shape index (κ2) is 13.2. The Morgan fingerprint density at radius 2 is 1.93 bits per heavy atom. The summed E-state index contributed by atoms with van der Waals surface area (Å²) in [6, 6.07) is 8.27. The van der Waals surface area contributed by atoms with Gasteiger partial charge >= 0.3 is 0 Å². The molecule has 0 aliphatic carbocycles. The summed E-state index contributed by atoms with van der Waals surface area (Å²) in [7, 11) is 1.85. The average Bonchev–Trinajstić information content (AvgIpc) is 3.15. The zero-order chi connectivity index (χ0) is 20.4. The molecule has 8 nitrogen and oxygen atoms in total. The fourth-order valence-corrected chi connectivity index (χ4v) is 3.08. The monoisotopic (exact) mass is 442 g/mol. The van der Waals surface area contributed by atoms with E-state index in [1.165, 1.54) is 11.8 Å². The van der Waals surface area contributed by atoms with E-state index in [-0.39, 0.29) is 36.7 Å². The van der Waals surface area contributed by atoms with Crippen molar-refractivity contribution in [3.63, 3.8) is 0 Å². The minimum Gasteiger partial charge on any atom is -0.484 e. The maximum Gasteiger partial charge on any atom is 0.286 e. The number of hydrogen-bond acceptors (Lipinski definition) is 8. The van der Waals surface area contributed by atoms with Crippen LogP contribution >= 0.6 is 24.2 Å². The zero-order valence-electron chi connectivity index (χ0n) is 16.7. The lowest BCUT2D eigenvalue weighted by molar-refractivity contribution is -0.123. The number of halogens is 1. The molecule has 2 rings (SSSR count). The number of benzene rings is 1. The predicted molar refractivity (Wildman–Crippen MR) is 114 cm³/mol. The number of para-hydroxylation sites is 1. The van der Waals surface area contributed by atoms with Gasteiger partial charge in [0.1, 0.15) is 5.75 Å². The number of ether oxygens (including phenoxy) is 1. The fraction of sp³-hybridized carbons (Fsp3) is 0.474. The minimum absolute atomic E-state index is 0. The van der Waals surface area contributed by atoms with E-state index >= 15 is 0 Å². The fourth-order valence-electron chi connectivity index (χ4n) is 2.36. The van der Waals surface area contributed by atoms with Crippen LogP contribution in [0.1, 0.15) is 31.0 Å². The first-order valence-electron chi connectivity index (χ1n) is 9.12. The highest BCUT2D eigenvalue weighted by atomic mass is 35.5. The number of aromatic nitrogens is 2. The Morgan fingerprint density at radius 1 is 1.21 bits per heavy atom. The molecule has 1 atom stereocenters. The molecule has 1 amide bonds. The molecule has 0 bridgehead atoms. The third kappa shape index (κ3) is 8.84. The normalized spacial score (nSPS) is 11.6. The van der Waals surface area contributed by atoms with Gasteiger partial charge in [0, 0.05) is 12.3 Å². The van der Waals surface area contributed by atoms with E-state index in [1.807, 2.05) is 39.1 Å². The summed E-state index contributed by atoms with van der Waals surface area (Å²) in [5.74, 6) is 0.652. The van der Waals surface area contributed by atoms with Gasteiger partial charge in [-0.15, -0.1) is 22.6 Å². The summed E-state index contributed by atoms with van der Waals surface area (Å²) >= 11 is 1.37. The van der Waals surface area contributed by atoms with E-state index in [2.05, 4.69) is 20.8 Å². The Kier molecular flexibility index (Phi) is 11.3. The standard InChI is InChI=1S/C19H26N4O4S.ClH/c1-13(2)11-15(21-16(24)12-26-14-7-5-4-6-8-14)17(25)18-22-23-19(27-18)28-10-9-20-3;/h4-8,13,15,20H,9-12H2,1-3H3,(H,21,24);1H/t15-;/m0./s1. The van der Waals surface area contributed by atoms with E-state index in [4.69, 9.17) is 9.15 Å². The molecule has 2 N–H and O–H groups in total. The lowest BCUT2D eigenvalue weighted by Crippen LogP contribution is -2.44. The summed E-state index contributed by atoms with van der Waals surface area (Å²) in [5, 5.41) is 13.8. The first-order chi connectivity index (χ1) is 13.5. The number of hydrogen-bond donors (Lipinski definition) is 2. The third-order valence-electron chi connectivity index (χ3n) is 3.67. The van der Waals surface area contributed by atoms with Gasteiger partial charge in [-0.1, -0.05) is 43.8 Å². The number of rotatable bonds is 12. The van der Waals surface area contributed by atoms with Gasteiger partial charge in [-0.25, -0.2) is 0 Å². The predicted octanol–water partition coefficient (Wildman–Crippen LogP) is 2.60. The molecule has 0 saturated heterocycles. The van der Waals surface area contributed by atoms with Crippen LogP contribution in [0, 0.1) is 5.92 Å². The van der Waals surface area contributed by atoms with Crippen LogP contribution in [0.15, 0.2) is 40.0 Å². The van der Waals surface area contributed by atoms with Gasteiger partial charge in [0.05, 0.1) is 6.04 Å². The topological polar surface area (TPSA) is 106 Å². The second-order valence-corrected chi connectivity index (χ2v) is 7.59. The van der Waals surface area contributed by atoms with E-state index in [9.17, 15) is 9.59 Å². The second-order valence-electron chi connectivity index (χ2n) is 6.54. The van der Waals surface area contributed by atoms with Crippen molar-refractivity contribution in [2.45, 2.75) is 31.5 Å². The quantitative estimate of drug-likeness (QED) is 0.293. The zero-order valence-corrected chi connectivity index (χ0v) is 18.3. The van der Waals surface area contributed by atoms with Crippen LogP contribution in [0.4, 0.5) is 0 Å². The van der Waals surface area contributed by atoms with Crippen LogP contribution < -0.4 is 15.4 Å². The molecule has 0 saturated carbocycles. The number of nitrogens with one attached hydrogen (secondary N) is 2. The number of ketones is 1. The van der Waals surface area contributed by atoms with Crippen molar-refractivity contribution in [2.24, 2.45) is 5.92 Å². The van der Waals surface area contributed by atoms with Gasteiger partial charge < -0.3 is 19.8 Å². The van der Waals surface area contributed by atoms with Gasteiger partial charge in [-0.05, 0) is 31.5 Å². The molecule has 1 aromatic heterocycles. The summed E-state index contributed by atoms with van der Waals surface area (Å²) in [6.45, 7) is 4.55. The van der Waals surface area contributed by atoms with E-state index in [1.54, 1.807) is 12.1 Å². The molecule has 0 fully saturated rings. The largest absolute Gasteiger partial charge is 0.484 e. The number of carbonyl (C=O) groups is 2. The first-order valence-corrected chi connectivity index (χ1v) is 10.1. The van der Waals surface area contributed by atoms with Crippen molar-refractivity contribution in [3.8, 4) is 5.75 Å². The van der Waals surface area contributed by atoms with Crippen molar-refractivity contribution in [1.29, 1.82) is 0 Å². The number of nitrogens with zero attached hydrogens (tertiary/aromatic N) is 2. The molecule has 1 aromatic carbocycles. The molecule has 0 radical (unpaired) electrons. The Hall–Kier alpha value is -2.10. The van der Waals surface area contributed by atoms with E-state index in [0.717, 1.165) is 12.3 Å². The summed E-state index contributed by atoms with van der Waals surface area (Å²) in [4.78, 5) is 25.0. The van der Waals surface area contributed by atoms with Gasteiger partial charge in [0.15, 0.2) is 6.61 Å². The SMILES string of the molecule is CNCCSc1nnc(C(=O)[C@H](CC(C)C)NC(=O)COc2ccccc2)o1.Cl. The Balaban J connectivity index is 0.00000420. The molecular weight excluding hydrogens is 416 g/mol. The summed E-state index contributed by atoms with van der Waals surface area (Å²) < 4.78 is 10.9. The first kappa shape index (κ1) is 24.9. The molecule has 10 heteroatoms. The molecule has 1 heterocycles. The van der Waals surface area contributed by atoms with Crippen LogP contribution in [0.5, 0.6) is 5.75 Å². The third-order valence-corrected chi connectivity index (χ3v) is 4.49. The Bertz CT molecular complexity index is 758. The van der Waals surface area contributed by atoms with Crippen molar-refractivity contribution < 1.29 is 18.7 Å². The smallest absolute Gasteiger partial charge is 0.286 e. The average molecular weight is 443 g/mol. The molecule has 29 heavy (non-hydrogen) atoms. The van der Waals surface area contributed by atoms with Crippen LogP contribution in [0.25, 0.3) is 0 Å². The van der Waals surface area contributed by atoms with Crippen molar-refractivity contribution >= 4 is 35.9 Å². The number of carbonyl (C=O) groups excluding carboxylic acids is 2. The van der Waals surface area contributed by atoms with Crippen LogP contribution in [0.3, 0.4) is 0 Å². The van der Waals surface area contributed by atoms with Gasteiger partial charge in [0.2, 0.25) is 5.78 Å². The highest BCUT2D eigenvalue weighted by molar-refractivity contribution is 7.99. The van der Waals surface area contributed by atoms with Crippen molar-refractivity contribution in [3.05, 3.63) is 36.2 Å². The van der Waals surface area contributed by atoms with Crippen LogP contribution in [-0.2, 0) is 4.79 Å². The van der Waals surface area contributed by atoms with Gasteiger partial charge in [-0.3, -0.25) is 9.59 Å². The Morgan fingerprint density at radius 3 is 2.59 bits per heavy atom. The summed E-state index contributed by atoms with van der Waals surface area (Å²) in [6.07, 6.45) is 0.459. The molecule has 0 aliphatic rings. The molecular formula is C19H27ClN4O4S. The van der Waals surface area contributed by atoms with Crippen LogP contribution in [0.2, 0.25) is 0 Å². The molecule has 0 unspecified atom stereocenters. The molecule has 160 valence electrons. The highest BCUT2D eigenvalue weighted by Gasteiger charge is 2.27. The molecule has 2 aromatic rings. The van der Waals surface area contributed by atoms with Crippen molar-refractivity contribution in [1.82, 2.24) is 20.8 Å². The lowest BCUT2D eigenvalue weighted by Gasteiger charge is -2.18. The Labute approximate surface area is 181 Å². The molecule has 0 aliphatic heterocycles. The van der Waals surface area contributed by atoms with Crippen LogP contribution in [-0.4, -0.2) is 53.9 Å². The van der Waals surface area contributed by atoms with Gasteiger partial charge in [0.25, 0.3) is 17.0 Å². The summed E-state index contributed by atoms with van der Waals surface area (Å²) in [5.41, 5.74) is 0. The van der Waals surface area contributed by atoms with Crippen molar-refractivity contribution in [2.75, 3.05) is 26.0 Å². The maximum atomic E-state index is 12.8. The number of Topliss-reactive ketones (excluding diaryl/α,β-unsaturated/α-hetero) is 1.